The zero-order chi connectivity index (χ0) is 15.9. The van der Waals surface area contributed by atoms with Gasteiger partial charge in [-0.3, -0.25) is 9.69 Å². The minimum Gasteiger partial charge on any atom is -0.354 e. The minimum atomic E-state index is 0. The topological polar surface area (TPSA) is 58.4 Å². The van der Waals surface area contributed by atoms with E-state index in [0.29, 0.717) is 19.0 Å². The van der Waals surface area contributed by atoms with Gasteiger partial charge in [0, 0.05) is 36.6 Å². The second kappa shape index (κ2) is 10.3. The molecule has 1 aliphatic rings. The fourth-order valence-electron chi connectivity index (χ4n) is 2.92. The second-order valence-electron chi connectivity index (χ2n) is 6.05. The van der Waals surface area contributed by atoms with Crippen LogP contribution in [0.25, 0.3) is 0 Å². The van der Waals surface area contributed by atoms with Crippen molar-refractivity contribution in [2.75, 3.05) is 19.6 Å². The number of piperidine rings is 1. The highest BCUT2D eigenvalue weighted by atomic mass is 79.9. The van der Waals surface area contributed by atoms with Gasteiger partial charge in [0.2, 0.25) is 5.91 Å². The van der Waals surface area contributed by atoms with Crippen LogP contribution in [-0.2, 0) is 11.3 Å². The lowest BCUT2D eigenvalue weighted by Crippen LogP contribution is -2.46. The van der Waals surface area contributed by atoms with E-state index in [4.69, 9.17) is 5.73 Å². The molecule has 1 fully saturated rings. The van der Waals surface area contributed by atoms with Crippen LogP contribution in [0.5, 0.6) is 0 Å². The van der Waals surface area contributed by atoms with Crippen molar-refractivity contribution >= 4 is 34.2 Å². The molecule has 0 aromatic heterocycles. The standard InChI is InChI=1S/C17H26BrN3O.ClH/c1-13-5-6-14(10-16(13)18)12-21-9-3-2-4-15(21)11-20-17(22)7-8-19;/h5-6,10,15H,2-4,7-9,11-12,19H2,1H3,(H,20,22);1H. The zero-order valence-corrected chi connectivity index (χ0v) is 16.1. The van der Waals surface area contributed by atoms with Gasteiger partial charge >= 0.3 is 0 Å². The van der Waals surface area contributed by atoms with Crippen molar-refractivity contribution in [1.29, 1.82) is 0 Å². The largest absolute Gasteiger partial charge is 0.354 e. The van der Waals surface area contributed by atoms with Crippen molar-refractivity contribution in [1.82, 2.24) is 10.2 Å². The lowest BCUT2D eigenvalue weighted by Gasteiger charge is -2.36. The first-order chi connectivity index (χ1) is 10.6. The molecular weight excluding hydrogens is 378 g/mol. The van der Waals surface area contributed by atoms with Gasteiger partial charge in [0.25, 0.3) is 0 Å². The third-order valence-corrected chi connectivity index (χ3v) is 5.13. The third kappa shape index (κ3) is 6.42. The number of likely N-dealkylation sites (tertiary alicyclic amines) is 1. The Bertz CT molecular complexity index is 513. The molecule has 1 saturated heterocycles. The average molecular weight is 405 g/mol. The quantitative estimate of drug-likeness (QED) is 0.766. The van der Waals surface area contributed by atoms with Crippen molar-refractivity contribution in [3.63, 3.8) is 0 Å². The normalized spacial score (nSPS) is 18.3. The van der Waals surface area contributed by atoms with Crippen LogP contribution >= 0.6 is 28.3 Å². The van der Waals surface area contributed by atoms with Gasteiger partial charge in [-0.2, -0.15) is 0 Å². The van der Waals surface area contributed by atoms with Gasteiger partial charge in [0.1, 0.15) is 0 Å². The summed E-state index contributed by atoms with van der Waals surface area (Å²) in [6.07, 6.45) is 4.04. The van der Waals surface area contributed by atoms with Crippen LogP contribution in [0.1, 0.15) is 36.8 Å². The Kier molecular flexibility index (Phi) is 9.14. The summed E-state index contributed by atoms with van der Waals surface area (Å²) >= 11 is 3.61. The van der Waals surface area contributed by atoms with Crippen LogP contribution in [0, 0.1) is 6.92 Å². The van der Waals surface area contributed by atoms with E-state index in [-0.39, 0.29) is 18.3 Å². The number of amides is 1. The van der Waals surface area contributed by atoms with Crippen LogP contribution in [0.3, 0.4) is 0 Å². The number of nitrogens with two attached hydrogens (primary N) is 1. The molecular formula is C17H27BrClN3O. The Hall–Kier alpha value is -0.620. The average Bonchev–Trinajstić information content (AvgIpc) is 2.50. The van der Waals surface area contributed by atoms with Gasteiger partial charge in [-0.1, -0.05) is 34.5 Å². The fraction of sp³-hybridized carbons (Fsp3) is 0.588. The van der Waals surface area contributed by atoms with E-state index >= 15 is 0 Å². The molecule has 6 heteroatoms. The van der Waals surface area contributed by atoms with Crippen molar-refractivity contribution in [2.45, 2.75) is 45.2 Å². The van der Waals surface area contributed by atoms with Crippen molar-refractivity contribution < 1.29 is 4.79 Å². The van der Waals surface area contributed by atoms with E-state index in [0.717, 1.165) is 30.5 Å². The Morgan fingerprint density at radius 1 is 1.43 bits per heavy atom. The SMILES string of the molecule is Cc1ccc(CN2CCCCC2CNC(=O)CCN)cc1Br.Cl. The molecule has 23 heavy (non-hydrogen) atoms. The maximum atomic E-state index is 11.6. The summed E-state index contributed by atoms with van der Waals surface area (Å²) in [4.78, 5) is 14.1. The summed E-state index contributed by atoms with van der Waals surface area (Å²) in [5, 5.41) is 3.02. The maximum absolute atomic E-state index is 11.6. The smallest absolute Gasteiger partial charge is 0.221 e. The number of halogens is 2. The Morgan fingerprint density at radius 2 is 2.22 bits per heavy atom. The first-order valence-corrected chi connectivity index (χ1v) is 8.85. The number of carbonyl (C=O) groups is 1. The van der Waals surface area contributed by atoms with Crippen LogP contribution in [0.2, 0.25) is 0 Å². The number of rotatable bonds is 6. The molecule has 1 aromatic carbocycles. The molecule has 2 rings (SSSR count). The molecule has 1 atom stereocenters. The monoisotopic (exact) mass is 403 g/mol. The van der Waals surface area contributed by atoms with Crippen molar-refractivity contribution in [3.05, 3.63) is 33.8 Å². The summed E-state index contributed by atoms with van der Waals surface area (Å²) in [7, 11) is 0. The molecule has 0 spiro atoms. The Balaban J connectivity index is 0.00000264. The molecule has 0 bridgehead atoms. The first-order valence-electron chi connectivity index (χ1n) is 8.06. The van der Waals surface area contributed by atoms with E-state index in [1.54, 1.807) is 0 Å². The molecule has 1 amide bonds. The predicted molar refractivity (Wildman–Crippen MR) is 101 cm³/mol. The molecule has 4 nitrogen and oxygen atoms in total. The van der Waals surface area contributed by atoms with Gasteiger partial charge in [-0.25, -0.2) is 0 Å². The van der Waals surface area contributed by atoms with E-state index in [1.807, 2.05) is 0 Å². The van der Waals surface area contributed by atoms with Crippen molar-refractivity contribution in [3.8, 4) is 0 Å². The Labute approximate surface area is 153 Å². The molecule has 1 aromatic rings. The molecule has 1 unspecified atom stereocenters. The number of carbonyl (C=O) groups excluding carboxylic acids is 1. The summed E-state index contributed by atoms with van der Waals surface area (Å²) in [6.45, 7) is 5.28. The Morgan fingerprint density at radius 3 is 2.91 bits per heavy atom. The summed E-state index contributed by atoms with van der Waals surface area (Å²) in [5.41, 5.74) is 7.99. The zero-order valence-electron chi connectivity index (χ0n) is 13.7. The second-order valence-corrected chi connectivity index (χ2v) is 6.90. The lowest BCUT2D eigenvalue weighted by molar-refractivity contribution is -0.121. The van der Waals surface area contributed by atoms with Gasteiger partial charge in [-0.15, -0.1) is 12.4 Å². The maximum Gasteiger partial charge on any atom is 0.221 e. The summed E-state index contributed by atoms with van der Waals surface area (Å²) < 4.78 is 1.16. The fourth-order valence-corrected chi connectivity index (χ4v) is 3.35. The number of nitrogens with zero attached hydrogens (tertiary/aromatic N) is 1. The number of benzene rings is 1. The molecule has 130 valence electrons. The van der Waals surface area contributed by atoms with Gasteiger partial charge < -0.3 is 11.1 Å². The first kappa shape index (κ1) is 20.4. The highest BCUT2D eigenvalue weighted by Gasteiger charge is 2.22. The van der Waals surface area contributed by atoms with Crippen LogP contribution < -0.4 is 11.1 Å². The van der Waals surface area contributed by atoms with Crippen LogP contribution in [0.15, 0.2) is 22.7 Å². The van der Waals surface area contributed by atoms with E-state index in [2.05, 4.69) is 51.3 Å². The van der Waals surface area contributed by atoms with Gasteiger partial charge in [0.15, 0.2) is 0 Å². The molecule has 0 saturated carbocycles. The van der Waals surface area contributed by atoms with Crippen molar-refractivity contribution in [2.24, 2.45) is 5.73 Å². The third-order valence-electron chi connectivity index (χ3n) is 4.28. The number of nitrogens with one attached hydrogen (secondary N) is 1. The highest BCUT2D eigenvalue weighted by Crippen LogP contribution is 2.22. The molecule has 1 aliphatic heterocycles. The minimum absolute atomic E-state index is 0. The van der Waals surface area contributed by atoms with E-state index < -0.39 is 0 Å². The molecule has 0 radical (unpaired) electrons. The summed E-state index contributed by atoms with van der Waals surface area (Å²) in [6, 6.07) is 6.98. The summed E-state index contributed by atoms with van der Waals surface area (Å²) in [5.74, 6) is 0.0612. The molecule has 3 N–H and O–H groups in total. The molecule has 0 aliphatic carbocycles. The molecule has 1 heterocycles. The van der Waals surface area contributed by atoms with E-state index in [9.17, 15) is 4.79 Å². The van der Waals surface area contributed by atoms with Gasteiger partial charge in [0.05, 0.1) is 0 Å². The number of hydrogen-bond donors (Lipinski definition) is 2. The number of aryl methyl sites for hydroxylation is 1. The lowest BCUT2D eigenvalue weighted by atomic mass is 10.0. The van der Waals surface area contributed by atoms with E-state index in [1.165, 1.54) is 24.0 Å². The number of hydrogen-bond acceptors (Lipinski definition) is 3. The predicted octanol–water partition coefficient (Wildman–Crippen LogP) is 3.00. The van der Waals surface area contributed by atoms with Gasteiger partial charge in [-0.05, 0) is 43.5 Å². The highest BCUT2D eigenvalue weighted by molar-refractivity contribution is 9.10. The van der Waals surface area contributed by atoms with Crippen LogP contribution in [-0.4, -0.2) is 36.5 Å². The van der Waals surface area contributed by atoms with Crippen LogP contribution in [0.4, 0.5) is 0 Å².